The van der Waals surface area contributed by atoms with Crippen molar-refractivity contribution >= 4 is 34.0 Å². The number of amides is 1. The van der Waals surface area contributed by atoms with Crippen molar-refractivity contribution in [1.82, 2.24) is 9.97 Å². The summed E-state index contributed by atoms with van der Waals surface area (Å²) in [6.45, 7) is 7.82. The first-order chi connectivity index (χ1) is 16.0. The summed E-state index contributed by atoms with van der Waals surface area (Å²) in [7, 11) is 0. The fourth-order valence-corrected chi connectivity index (χ4v) is 4.50. The molecule has 0 aliphatic heterocycles. The van der Waals surface area contributed by atoms with Crippen molar-refractivity contribution in [2.24, 2.45) is 5.73 Å². The molecule has 0 saturated heterocycles. The van der Waals surface area contributed by atoms with Crippen molar-refractivity contribution in [2.75, 3.05) is 5.32 Å². The molecule has 168 valence electrons. The van der Waals surface area contributed by atoms with Crippen molar-refractivity contribution in [3.63, 3.8) is 0 Å². The Morgan fingerprint density at radius 1 is 1.21 bits per heavy atom. The maximum atomic E-state index is 12.9. The quantitative estimate of drug-likeness (QED) is 0.612. The molecule has 1 amide bonds. The zero-order valence-corrected chi connectivity index (χ0v) is 19.8. The van der Waals surface area contributed by atoms with Crippen LogP contribution in [0.25, 0.3) is 10.5 Å². The Kier molecular flexibility index (Phi) is 7.06. The van der Waals surface area contributed by atoms with Gasteiger partial charge >= 0.3 is 0 Å². The number of anilines is 1. The Labute approximate surface area is 199 Å². The molecule has 1 heterocycles. The lowest BCUT2D eigenvalue weighted by molar-refractivity contribution is -0.115. The minimum atomic E-state index is -0.118. The molecular weight excluding hydrogens is 428 g/mol. The van der Waals surface area contributed by atoms with Crippen LogP contribution in [-0.2, 0) is 17.6 Å². The number of carbonyl (C=O) groups is 1. The minimum absolute atomic E-state index is 0.116. The number of nitrogens with zero attached hydrogens (tertiary/aromatic N) is 2. The highest BCUT2D eigenvalue weighted by molar-refractivity contribution is 8.10. The summed E-state index contributed by atoms with van der Waals surface area (Å²) in [5, 5.41) is 4.78. The van der Waals surface area contributed by atoms with Crippen LogP contribution in [0.2, 0.25) is 0 Å². The van der Waals surface area contributed by atoms with E-state index in [0.717, 1.165) is 40.3 Å². The number of rotatable bonds is 6. The predicted octanol–water partition coefficient (Wildman–Crippen LogP) is 5.36. The third-order valence-corrected chi connectivity index (χ3v) is 6.50. The van der Waals surface area contributed by atoms with Gasteiger partial charge in [-0.3, -0.25) is 4.79 Å². The van der Waals surface area contributed by atoms with Crippen molar-refractivity contribution < 1.29 is 4.79 Å². The van der Waals surface area contributed by atoms with E-state index in [4.69, 9.17) is 15.7 Å². The largest absolute Gasteiger partial charge is 0.321 e. The van der Waals surface area contributed by atoms with Crippen LogP contribution in [0, 0.1) is 6.92 Å². The summed E-state index contributed by atoms with van der Waals surface area (Å²) < 4.78 is 0. The maximum absolute atomic E-state index is 12.9. The molecule has 0 bridgehead atoms. The summed E-state index contributed by atoms with van der Waals surface area (Å²) in [4.78, 5) is 23.7. The van der Waals surface area contributed by atoms with Gasteiger partial charge in [0.15, 0.2) is 5.82 Å². The van der Waals surface area contributed by atoms with Gasteiger partial charge in [-0.2, -0.15) is 0 Å². The van der Waals surface area contributed by atoms with Gasteiger partial charge in [0.1, 0.15) is 5.69 Å². The van der Waals surface area contributed by atoms with Crippen LogP contribution in [-0.4, -0.2) is 21.9 Å². The fraction of sp³-hybridized carbons (Fsp3) is 0.222. The Bertz CT molecular complexity index is 1210. The van der Waals surface area contributed by atoms with Gasteiger partial charge in [0.25, 0.3) is 0 Å². The van der Waals surface area contributed by atoms with Crippen LogP contribution in [0.3, 0.4) is 0 Å². The molecule has 2 aromatic rings. The molecule has 33 heavy (non-hydrogen) atoms. The second-order valence-electron chi connectivity index (χ2n) is 8.10. The van der Waals surface area contributed by atoms with Crippen LogP contribution in [0.1, 0.15) is 41.6 Å². The van der Waals surface area contributed by atoms with Gasteiger partial charge in [0.05, 0.1) is 17.8 Å². The van der Waals surface area contributed by atoms with Crippen LogP contribution < -0.4 is 11.1 Å². The van der Waals surface area contributed by atoms with Crippen molar-refractivity contribution in [2.45, 2.75) is 39.2 Å². The number of hydrogen-bond donors (Lipinski definition) is 2. The normalized spacial score (nSPS) is 17.3. The molecule has 1 aromatic carbocycles. The SMILES string of the molecule is C=CS/C(=C\C)c1nc2c(nc1NC(=O)Cc1ccc(C)cc1)CCC1=C2C=CC(N)C=C1. The average Bonchev–Trinajstić information content (AvgIpc) is 3.00. The minimum Gasteiger partial charge on any atom is -0.321 e. The Balaban J connectivity index is 1.73. The van der Waals surface area contributed by atoms with Gasteiger partial charge in [-0.15, -0.1) is 0 Å². The molecule has 0 fully saturated rings. The second kappa shape index (κ2) is 10.1. The van der Waals surface area contributed by atoms with Gasteiger partial charge in [-0.1, -0.05) is 78.5 Å². The lowest BCUT2D eigenvalue weighted by Crippen LogP contribution is -2.19. The van der Waals surface area contributed by atoms with Crippen molar-refractivity contribution in [3.05, 3.63) is 100 Å². The molecule has 1 unspecified atom stereocenters. The molecule has 3 N–H and O–H groups in total. The number of allylic oxidation sites excluding steroid dienone is 5. The first-order valence-electron chi connectivity index (χ1n) is 11.0. The van der Waals surface area contributed by atoms with Gasteiger partial charge in [-0.25, -0.2) is 9.97 Å². The van der Waals surface area contributed by atoms with E-state index in [2.05, 4.69) is 18.0 Å². The van der Waals surface area contributed by atoms with E-state index in [1.165, 1.54) is 22.9 Å². The Hall–Kier alpha value is -3.22. The van der Waals surface area contributed by atoms with Crippen LogP contribution in [0.5, 0.6) is 0 Å². The second-order valence-corrected chi connectivity index (χ2v) is 9.11. The highest BCUT2D eigenvalue weighted by atomic mass is 32.2. The highest BCUT2D eigenvalue weighted by Crippen LogP contribution is 2.37. The standard InChI is InChI=1S/C27H28N4OS/c1-4-23(33-5-2)26-27(30-24(32)16-18-8-6-17(3)7-9-18)29-22-15-11-19-10-12-20(28)13-14-21(19)25(22)31-26/h4-10,12-14,20H,2,11,15-16,28H2,1,3H3,(H,29,30,32)/b23-4-. The Morgan fingerprint density at radius 3 is 2.70 bits per heavy atom. The van der Waals surface area contributed by atoms with Gasteiger partial charge < -0.3 is 11.1 Å². The van der Waals surface area contributed by atoms with Crippen LogP contribution >= 0.6 is 11.8 Å². The topological polar surface area (TPSA) is 80.9 Å². The third kappa shape index (κ3) is 5.24. The van der Waals surface area contributed by atoms with Gasteiger partial charge in [0, 0.05) is 16.5 Å². The summed E-state index contributed by atoms with van der Waals surface area (Å²) in [6.07, 6.45) is 12.0. The molecule has 1 atom stereocenters. The first kappa shape index (κ1) is 23.0. The number of hydrogen-bond acceptors (Lipinski definition) is 5. The number of thioether (sulfide) groups is 1. The molecule has 4 rings (SSSR count). The van der Waals surface area contributed by atoms with E-state index in [0.29, 0.717) is 11.5 Å². The van der Waals surface area contributed by atoms with E-state index in [1.54, 1.807) is 5.41 Å². The molecular formula is C27H28N4OS. The van der Waals surface area contributed by atoms with Crippen LogP contribution in [0.4, 0.5) is 5.82 Å². The molecule has 5 nitrogen and oxygen atoms in total. The highest BCUT2D eigenvalue weighted by Gasteiger charge is 2.24. The lowest BCUT2D eigenvalue weighted by Gasteiger charge is -2.21. The summed E-state index contributed by atoms with van der Waals surface area (Å²) >= 11 is 1.46. The zero-order chi connectivity index (χ0) is 23.4. The number of carbonyl (C=O) groups excluding carboxylic acids is 1. The van der Waals surface area contributed by atoms with E-state index in [9.17, 15) is 4.79 Å². The third-order valence-electron chi connectivity index (χ3n) is 5.65. The first-order valence-corrected chi connectivity index (χ1v) is 11.9. The zero-order valence-electron chi connectivity index (χ0n) is 19.0. The van der Waals surface area contributed by atoms with Crippen molar-refractivity contribution in [3.8, 4) is 0 Å². The van der Waals surface area contributed by atoms with Crippen LogP contribution in [0.15, 0.2) is 72.2 Å². The van der Waals surface area contributed by atoms with Gasteiger partial charge in [-0.05, 0) is 43.2 Å². The van der Waals surface area contributed by atoms with E-state index in [1.807, 2.05) is 62.4 Å². The number of nitrogens with two attached hydrogens (primary N) is 1. The molecule has 1 aromatic heterocycles. The molecule has 2 aliphatic carbocycles. The van der Waals surface area contributed by atoms with E-state index < -0.39 is 0 Å². The molecule has 0 saturated carbocycles. The average molecular weight is 457 g/mol. The maximum Gasteiger partial charge on any atom is 0.230 e. The fourth-order valence-electron chi connectivity index (χ4n) is 3.93. The molecule has 2 aliphatic rings. The molecule has 6 heteroatoms. The molecule has 0 radical (unpaired) electrons. The van der Waals surface area contributed by atoms with Crippen molar-refractivity contribution in [1.29, 1.82) is 0 Å². The smallest absolute Gasteiger partial charge is 0.230 e. The van der Waals surface area contributed by atoms with E-state index in [-0.39, 0.29) is 18.4 Å². The lowest BCUT2D eigenvalue weighted by atomic mass is 9.91. The Morgan fingerprint density at radius 2 is 1.97 bits per heavy atom. The number of aromatic nitrogens is 2. The number of fused-ring (bicyclic) bond motifs is 2. The number of benzene rings is 1. The van der Waals surface area contributed by atoms with Gasteiger partial charge in [0.2, 0.25) is 5.91 Å². The molecule has 0 spiro atoms. The van der Waals surface area contributed by atoms with E-state index >= 15 is 0 Å². The number of nitrogens with one attached hydrogen (secondary N) is 1. The summed E-state index contributed by atoms with van der Waals surface area (Å²) in [5.74, 6) is 0.370. The summed E-state index contributed by atoms with van der Waals surface area (Å²) in [6, 6.07) is 7.86. The summed E-state index contributed by atoms with van der Waals surface area (Å²) in [5.41, 5.74) is 12.9. The predicted molar refractivity (Wildman–Crippen MR) is 138 cm³/mol. The number of aryl methyl sites for hydroxylation is 2. The monoisotopic (exact) mass is 456 g/mol.